The van der Waals surface area contributed by atoms with Crippen molar-refractivity contribution in [3.63, 3.8) is 0 Å². The number of benzene rings is 2. The van der Waals surface area contributed by atoms with Crippen molar-refractivity contribution in [1.29, 1.82) is 0 Å². The van der Waals surface area contributed by atoms with Crippen molar-refractivity contribution in [2.24, 2.45) is 11.7 Å². The highest BCUT2D eigenvalue weighted by Crippen LogP contribution is 2.38. The second-order valence-corrected chi connectivity index (χ2v) is 11.5. The molecule has 2 aromatic carbocycles. The van der Waals surface area contributed by atoms with Crippen molar-refractivity contribution < 1.29 is 4.79 Å². The molecule has 2 fully saturated rings. The SMILES string of the molecule is NC(=O)C1CCCN([C@H]2CC[C@@H](n3nc(-c4ccc5[nH]c(Cc6ccccc6)nc5c4)c4c(N)ncnc43)CC2)C1. The Kier molecular flexibility index (Phi) is 6.62. The Balaban J connectivity index is 1.15. The topological polar surface area (TPSA) is 145 Å². The highest BCUT2D eigenvalue weighted by Gasteiger charge is 2.33. The lowest BCUT2D eigenvalue weighted by molar-refractivity contribution is -0.123. The molecular weight excluding hydrogens is 514 g/mol. The van der Waals surface area contributed by atoms with E-state index < -0.39 is 0 Å². The number of imidazole rings is 1. The summed E-state index contributed by atoms with van der Waals surface area (Å²) in [7, 11) is 0. The number of carbonyl (C=O) groups excluding carboxylic acids is 1. The molecule has 1 saturated heterocycles. The molecule has 5 N–H and O–H groups in total. The molecule has 1 unspecified atom stereocenters. The van der Waals surface area contributed by atoms with E-state index in [0.717, 1.165) is 97.2 Å². The van der Waals surface area contributed by atoms with Crippen LogP contribution in [0.25, 0.3) is 33.3 Å². The molecule has 0 spiro atoms. The summed E-state index contributed by atoms with van der Waals surface area (Å²) in [6.45, 7) is 1.83. The largest absolute Gasteiger partial charge is 0.383 e. The van der Waals surface area contributed by atoms with E-state index in [0.29, 0.717) is 11.9 Å². The van der Waals surface area contributed by atoms with Crippen LogP contribution in [0.3, 0.4) is 0 Å². The number of anilines is 1. The van der Waals surface area contributed by atoms with Gasteiger partial charge in [-0.2, -0.15) is 5.10 Å². The first kappa shape index (κ1) is 25.6. The number of nitrogens with one attached hydrogen (secondary N) is 1. The number of rotatable bonds is 6. The summed E-state index contributed by atoms with van der Waals surface area (Å²) < 4.78 is 2.07. The van der Waals surface area contributed by atoms with Crippen molar-refractivity contribution in [2.45, 2.75) is 57.0 Å². The van der Waals surface area contributed by atoms with Gasteiger partial charge in [0, 0.05) is 24.6 Å². The van der Waals surface area contributed by atoms with Crippen LogP contribution in [0.1, 0.15) is 56.0 Å². The highest BCUT2D eigenvalue weighted by molar-refractivity contribution is 5.99. The fourth-order valence-electron chi connectivity index (χ4n) is 6.77. The molecule has 1 aliphatic heterocycles. The lowest BCUT2D eigenvalue weighted by atomic mass is 9.87. The first-order valence-corrected chi connectivity index (χ1v) is 14.6. The molecule has 1 aliphatic carbocycles. The number of piperidine rings is 1. The van der Waals surface area contributed by atoms with Crippen LogP contribution in [0.5, 0.6) is 0 Å². The van der Waals surface area contributed by atoms with Gasteiger partial charge in [0.25, 0.3) is 0 Å². The van der Waals surface area contributed by atoms with Gasteiger partial charge in [0.1, 0.15) is 23.7 Å². The minimum Gasteiger partial charge on any atom is -0.383 e. The quantitative estimate of drug-likeness (QED) is 0.287. The van der Waals surface area contributed by atoms with Gasteiger partial charge in [0.2, 0.25) is 5.91 Å². The first-order chi connectivity index (χ1) is 20.0. The predicted octanol–water partition coefficient (Wildman–Crippen LogP) is 4.22. The van der Waals surface area contributed by atoms with Gasteiger partial charge in [-0.25, -0.2) is 19.6 Å². The standard InChI is InChI=1S/C31H35N9O/c32-29-27-28(20-8-13-24-25(16-20)37-26(36-24)15-19-5-2-1-3-6-19)38-40(31(27)35-18-34-29)23-11-9-22(10-12-23)39-14-4-7-21(17-39)30(33)41/h1-3,5-6,8,13,16,18,21-23H,4,7,9-12,14-15,17H2,(H2,33,41)(H,36,37)(H2,32,34,35)/t21?,22-,23+. The van der Waals surface area contributed by atoms with Crippen molar-refractivity contribution >= 4 is 33.8 Å². The molecule has 0 radical (unpaired) electrons. The van der Waals surface area contributed by atoms with E-state index in [9.17, 15) is 4.79 Å². The fourth-order valence-corrected chi connectivity index (χ4v) is 6.77. The summed E-state index contributed by atoms with van der Waals surface area (Å²) in [5.74, 6) is 1.16. The van der Waals surface area contributed by atoms with Crippen LogP contribution in [-0.4, -0.2) is 59.7 Å². The third-order valence-corrected chi connectivity index (χ3v) is 8.92. The zero-order chi connectivity index (χ0) is 27.9. The predicted molar refractivity (Wildman–Crippen MR) is 159 cm³/mol. The normalized spacial score (nSPS) is 21.9. The number of likely N-dealkylation sites (tertiary alicyclic amines) is 1. The number of carbonyl (C=O) groups is 1. The number of H-pyrrole nitrogens is 1. The zero-order valence-corrected chi connectivity index (χ0v) is 23.0. The maximum Gasteiger partial charge on any atom is 0.221 e. The second kappa shape index (κ2) is 10.6. The molecule has 3 aromatic heterocycles. The number of hydrogen-bond donors (Lipinski definition) is 3. The number of aromatic nitrogens is 6. The molecule has 210 valence electrons. The van der Waals surface area contributed by atoms with Gasteiger partial charge in [-0.15, -0.1) is 0 Å². The number of nitrogens with zero attached hydrogens (tertiary/aromatic N) is 6. The Hall–Kier alpha value is -4.31. The summed E-state index contributed by atoms with van der Waals surface area (Å²) in [5, 5.41) is 5.91. The molecule has 7 rings (SSSR count). The zero-order valence-electron chi connectivity index (χ0n) is 23.0. The molecule has 41 heavy (non-hydrogen) atoms. The fraction of sp³-hybridized carbons (Fsp3) is 0.387. The minimum atomic E-state index is -0.170. The van der Waals surface area contributed by atoms with E-state index in [1.807, 2.05) is 18.2 Å². The molecule has 2 aliphatic rings. The molecule has 4 heterocycles. The maximum absolute atomic E-state index is 11.8. The van der Waals surface area contributed by atoms with E-state index in [2.05, 4.69) is 54.9 Å². The van der Waals surface area contributed by atoms with Gasteiger partial charge in [-0.1, -0.05) is 36.4 Å². The van der Waals surface area contributed by atoms with Crippen LogP contribution >= 0.6 is 0 Å². The summed E-state index contributed by atoms with van der Waals surface area (Å²) in [4.78, 5) is 31.6. The third kappa shape index (κ3) is 4.93. The summed E-state index contributed by atoms with van der Waals surface area (Å²) in [6.07, 6.45) is 8.29. The van der Waals surface area contributed by atoms with E-state index in [1.54, 1.807) is 0 Å². The van der Waals surface area contributed by atoms with Gasteiger partial charge >= 0.3 is 0 Å². The van der Waals surface area contributed by atoms with Crippen LogP contribution in [0, 0.1) is 5.92 Å². The number of fused-ring (bicyclic) bond motifs is 2. The molecule has 1 saturated carbocycles. The molecule has 0 bridgehead atoms. The van der Waals surface area contributed by atoms with Gasteiger partial charge in [0.15, 0.2) is 5.65 Å². The van der Waals surface area contributed by atoms with E-state index in [-0.39, 0.29) is 17.9 Å². The van der Waals surface area contributed by atoms with Crippen LogP contribution in [0.2, 0.25) is 0 Å². The summed E-state index contributed by atoms with van der Waals surface area (Å²) >= 11 is 0. The van der Waals surface area contributed by atoms with E-state index in [1.165, 1.54) is 11.9 Å². The average Bonchev–Trinajstić information content (AvgIpc) is 3.59. The number of nitrogen functional groups attached to an aromatic ring is 1. The summed E-state index contributed by atoms with van der Waals surface area (Å²) in [6, 6.07) is 17.2. The Morgan fingerprint density at radius 1 is 1.00 bits per heavy atom. The van der Waals surface area contributed by atoms with Crippen molar-refractivity contribution in [1.82, 2.24) is 34.6 Å². The Morgan fingerprint density at radius 3 is 2.61 bits per heavy atom. The van der Waals surface area contributed by atoms with Gasteiger partial charge in [0.05, 0.1) is 28.4 Å². The molecule has 10 heteroatoms. The number of primary amides is 1. The number of aromatic amines is 1. The number of nitrogens with two attached hydrogens (primary N) is 2. The highest BCUT2D eigenvalue weighted by atomic mass is 16.1. The minimum absolute atomic E-state index is 0.0277. The van der Waals surface area contributed by atoms with Crippen molar-refractivity contribution in [3.8, 4) is 11.3 Å². The molecule has 10 nitrogen and oxygen atoms in total. The lowest BCUT2D eigenvalue weighted by Gasteiger charge is -2.40. The smallest absolute Gasteiger partial charge is 0.221 e. The van der Waals surface area contributed by atoms with Gasteiger partial charge in [-0.3, -0.25) is 9.69 Å². The lowest BCUT2D eigenvalue weighted by Crippen LogP contribution is -2.47. The first-order valence-electron chi connectivity index (χ1n) is 14.6. The third-order valence-electron chi connectivity index (χ3n) is 8.92. The Bertz CT molecular complexity index is 1700. The van der Waals surface area contributed by atoms with E-state index >= 15 is 0 Å². The van der Waals surface area contributed by atoms with E-state index in [4.69, 9.17) is 21.5 Å². The number of hydrogen-bond acceptors (Lipinski definition) is 7. The molecular formula is C31H35N9O. The van der Waals surface area contributed by atoms with Crippen LogP contribution < -0.4 is 11.5 Å². The van der Waals surface area contributed by atoms with Crippen LogP contribution in [-0.2, 0) is 11.2 Å². The Morgan fingerprint density at radius 2 is 1.80 bits per heavy atom. The molecule has 1 amide bonds. The molecule has 5 aromatic rings. The summed E-state index contributed by atoms with van der Waals surface area (Å²) in [5.41, 5.74) is 17.7. The Labute approximate surface area is 238 Å². The average molecular weight is 550 g/mol. The van der Waals surface area contributed by atoms with Crippen molar-refractivity contribution in [2.75, 3.05) is 18.8 Å². The van der Waals surface area contributed by atoms with Crippen molar-refractivity contribution in [3.05, 3.63) is 66.2 Å². The van der Waals surface area contributed by atoms with Gasteiger partial charge < -0.3 is 16.5 Å². The monoisotopic (exact) mass is 549 g/mol. The van der Waals surface area contributed by atoms with Gasteiger partial charge in [-0.05, 0) is 62.8 Å². The molecule has 1 atom stereocenters. The van der Waals surface area contributed by atoms with Crippen LogP contribution in [0.15, 0.2) is 54.9 Å². The number of amides is 1. The maximum atomic E-state index is 11.8. The van der Waals surface area contributed by atoms with Crippen LogP contribution in [0.4, 0.5) is 5.82 Å². The second-order valence-electron chi connectivity index (χ2n) is 11.5.